The molecule has 0 unspecified atom stereocenters. The SMILES string of the molecule is CCCCOC(=O)c1ccc(NC(=O)C2CCN(S(=O)(=O)CC)CC2)cc1. The summed E-state index contributed by atoms with van der Waals surface area (Å²) in [4.78, 5) is 24.3. The van der Waals surface area contributed by atoms with Crippen LogP contribution in [0.5, 0.6) is 0 Å². The highest BCUT2D eigenvalue weighted by atomic mass is 32.2. The summed E-state index contributed by atoms with van der Waals surface area (Å²) in [5.74, 6) is -0.628. The quantitative estimate of drug-likeness (QED) is 0.539. The number of hydrogen-bond donors (Lipinski definition) is 1. The number of piperidine rings is 1. The molecule has 27 heavy (non-hydrogen) atoms. The Morgan fingerprint density at radius 3 is 2.33 bits per heavy atom. The van der Waals surface area contributed by atoms with E-state index in [1.54, 1.807) is 31.2 Å². The number of esters is 1. The van der Waals surface area contributed by atoms with E-state index in [0.717, 1.165) is 12.8 Å². The number of anilines is 1. The molecule has 8 heteroatoms. The van der Waals surface area contributed by atoms with Crippen LogP contribution in [0.1, 0.15) is 49.9 Å². The first kappa shape index (κ1) is 21.4. The highest BCUT2D eigenvalue weighted by Crippen LogP contribution is 2.22. The summed E-state index contributed by atoms with van der Waals surface area (Å²) in [5, 5.41) is 2.84. The molecule has 1 saturated heterocycles. The van der Waals surface area contributed by atoms with Gasteiger partial charge in [0.15, 0.2) is 0 Å². The van der Waals surface area contributed by atoms with E-state index in [-0.39, 0.29) is 23.5 Å². The van der Waals surface area contributed by atoms with Crippen molar-refractivity contribution in [3.05, 3.63) is 29.8 Å². The van der Waals surface area contributed by atoms with Crippen molar-refractivity contribution in [3.8, 4) is 0 Å². The molecular weight excluding hydrogens is 368 g/mol. The minimum Gasteiger partial charge on any atom is -0.462 e. The second-order valence-electron chi connectivity index (χ2n) is 6.63. The van der Waals surface area contributed by atoms with Gasteiger partial charge >= 0.3 is 5.97 Å². The van der Waals surface area contributed by atoms with Gasteiger partial charge in [-0.15, -0.1) is 0 Å². The van der Waals surface area contributed by atoms with E-state index >= 15 is 0 Å². The fourth-order valence-corrected chi connectivity index (χ4v) is 4.04. The molecule has 1 aromatic rings. The number of unbranched alkanes of at least 4 members (excludes halogenated alkanes) is 1. The average molecular weight is 397 g/mol. The Kier molecular flexibility index (Phi) is 7.79. The van der Waals surface area contributed by atoms with Crippen molar-refractivity contribution in [1.82, 2.24) is 4.31 Å². The van der Waals surface area contributed by atoms with Crippen molar-refractivity contribution in [2.45, 2.75) is 39.5 Å². The Morgan fingerprint density at radius 1 is 1.15 bits per heavy atom. The molecule has 1 N–H and O–H groups in total. The maximum atomic E-state index is 12.4. The topological polar surface area (TPSA) is 92.8 Å². The van der Waals surface area contributed by atoms with Gasteiger partial charge in [0.05, 0.1) is 17.9 Å². The smallest absolute Gasteiger partial charge is 0.338 e. The summed E-state index contributed by atoms with van der Waals surface area (Å²) in [6.07, 6.45) is 2.81. The van der Waals surface area contributed by atoms with Crippen molar-refractivity contribution in [1.29, 1.82) is 0 Å². The van der Waals surface area contributed by atoms with E-state index in [4.69, 9.17) is 4.74 Å². The van der Waals surface area contributed by atoms with Crippen LogP contribution >= 0.6 is 0 Å². The van der Waals surface area contributed by atoms with Crippen LogP contribution < -0.4 is 5.32 Å². The van der Waals surface area contributed by atoms with Crippen LogP contribution in [0.2, 0.25) is 0 Å². The Bertz CT molecular complexity index is 738. The van der Waals surface area contributed by atoms with Gasteiger partial charge in [0, 0.05) is 24.7 Å². The predicted octanol–water partition coefficient (Wildman–Crippen LogP) is 2.64. The van der Waals surface area contributed by atoms with Crippen LogP contribution in [-0.2, 0) is 19.6 Å². The fraction of sp³-hybridized carbons (Fsp3) is 0.579. The molecule has 0 radical (unpaired) electrons. The fourth-order valence-electron chi connectivity index (χ4n) is 2.91. The van der Waals surface area contributed by atoms with Crippen LogP contribution in [0.25, 0.3) is 0 Å². The summed E-state index contributed by atoms with van der Waals surface area (Å²) in [5.41, 5.74) is 1.05. The van der Waals surface area contributed by atoms with Gasteiger partial charge in [0.2, 0.25) is 15.9 Å². The predicted molar refractivity (Wildman–Crippen MR) is 104 cm³/mol. The Morgan fingerprint density at radius 2 is 1.78 bits per heavy atom. The molecule has 0 aromatic heterocycles. The zero-order chi connectivity index (χ0) is 19.9. The maximum Gasteiger partial charge on any atom is 0.338 e. The van der Waals surface area contributed by atoms with Crippen LogP contribution in [-0.4, -0.2) is 50.0 Å². The number of ether oxygens (including phenoxy) is 1. The van der Waals surface area contributed by atoms with Crippen LogP contribution in [0.3, 0.4) is 0 Å². The molecule has 0 atom stereocenters. The molecule has 1 fully saturated rings. The third-order valence-corrected chi connectivity index (χ3v) is 6.58. The second-order valence-corrected chi connectivity index (χ2v) is 8.89. The third-order valence-electron chi connectivity index (χ3n) is 4.70. The normalized spacial score (nSPS) is 16.1. The van der Waals surface area contributed by atoms with Gasteiger partial charge in [0.1, 0.15) is 0 Å². The lowest BCUT2D eigenvalue weighted by molar-refractivity contribution is -0.120. The number of carbonyl (C=O) groups is 2. The Hall–Kier alpha value is -1.93. The van der Waals surface area contributed by atoms with Gasteiger partial charge < -0.3 is 10.1 Å². The molecule has 0 spiro atoms. The number of nitrogens with zero attached hydrogens (tertiary/aromatic N) is 1. The summed E-state index contributed by atoms with van der Waals surface area (Å²) in [6.45, 7) is 4.79. The zero-order valence-electron chi connectivity index (χ0n) is 15.9. The average Bonchev–Trinajstić information content (AvgIpc) is 2.68. The standard InChI is InChI=1S/C19H28N2O5S/c1-3-5-14-26-19(23)16-6-8-17(9-7-16)20-18(22)15-10-12-21(13-11-15)27(24,25)4-2/h6-9,15H,3-5,10-14H2,1-2H3,(H,20,22). The van der Waals surface area contributed by atoms with E-state index in [0.29, 0.717) is 43.8 Å². The van der Waals surface area contributed by atoms with E-state index < -0.39 is 10.0 Å². The number of sulfonamides is 1. The van der Waals surface area contributed by atoms with E-state index in [1.165, 1.54) is 4.31 Å². The number of carbonyl (C=O) groups excluding carboxylic acids is 2. The molecule has 1 aliphatic rings. The number of nitrogens with one attached hydrogen (secondary N) is 1. The van der Waals surface area contributed by atoms with Crippen LogP contribution in [0.15, 0.2) is 24.3 Å². The van der Waals surface area contributed by atoms with Gasteiger partial charge in [-0.1, -0.05) is 13.3 Å². The van der Waals surface area contributed by atoms with Crippen molar-refractivity contribution >= 4 is 27.6 Å². The summed E-state index contributed by atoms with van der Waals surface area (Å²) in [6, 6.07) is 6.59. The number of amides is 1. The number of rotatable bonds is 8. The van der Waals surface area contributed by atoms with E-state index in [1.807, 2.05) is 6.92 Å². The molecule has 1 heterocycles. The molecule has 1 amide bonds. The molecule has 2 rings (SSSR count). The largest absolute Gasteiger partial charge is 0.462 e. The van der Waals surface area contributed by atoms with E-state index in [9.17, 15) is 18.0 Å². The first-order valence-electron chi connectivity index (χ1n) is 9.43. The molecule has 0 bridgehead atoms. The van der Waals surface area contributed by atoms with Crippen molar-refractivity contribution < 1.29 is 22.7 Å². The number of benzene rings is 1. The molecule has 1 aliphatic heterocycles. The van der Waals surface area contributed by atoms with Gasteiger partial charge in [-0.2, -0.15) is 0 Å². The van der Waals surface area contributed by atoms with Gasteiger partial charge in [-0.25, -0.2) is 17.5 Å². The highest BCUT2D eigenvalue weighted by molar-refractivity contribution is 7.89. The van der Waals surface area contributed by atoms with E-state index in [2.05, 4.69) is 5.32 Å². The summed E-state index contributed by atoms with van der Waals surface area (Å²) >= 11 is 0. The first-order valence-corrected chi connectivity index (χ1v) is 11.0. The minimum absolute atomic E-state index is 0.0804. The molecule has 1 aromatic carbocycles. The Labute approximate surface area is 161 Å². The first-order chi connectivity index (χ1) is 12.9. The molecule has 0 aliphatic carbocycles. The molecule has 0 saturated carbocycles. The second kappa shape index (κ2) is 9.85. The number of hydrogen-bond acceptors (Lipinski definition) is 5. The maximum absolute atomic E-state index is 12.4. The van der Waals surface area contributed by atoms with Gasteiger partial charge in [-0.05, 0) is 50.5 Å². The van der Waals surface area contributed by atoms with Crippen LogP contribution in [0.4, 0.5) is 5.69 Å². The third kappa shape index (κ3) is 6.04. The Balaban J connectivity index is 1.85. The van der Waals surface area contributed by atoms with Gasteiger partial charge in [0.25, 0.3) is 0 Å². The van der Waals surface area contributed by atoms with Crippen molar-refractivity contribution in [3.63, 3.8) is 0 Å². The molecule has 7 nitrogen and oxygen atoms in total. The lowest BCUT2D eigenvalue weighted by atomic mass is 9.97. The minimum atomic E-state index is -3.19. The zero-order valence-corrected chi connectivity index (χ0v) is 16.8. The lowest BCUT2D eigenvalue weighted by Crippen LogP contribution is -2.42. The summed E-state index contributed by atoms with van der Waals surface area (Å²) < 4.78 is 30.4. The van der Waals surface area contributed by atoms with Crippen molar-refractivity contribution in [2.24, 2.45) is 5.92 Å². The monoisotopic (exact) mass is 396 g/mol. The highest BCUT2D eigenvalue weighted by Gasteiger charge is 2.30. The molecule has 150 valence electrons. The van der Waals surface area contributed by atoms with Gasteiger partial charge in [-0.3, -0.25) is 4.79 Å². The lowest BCUT2D eigenvalue weighted by Gasteiger charge is -2.30. The summed E-state index contributed by atoms with van der Waals surface area (Å²) in [7, 11) is -3.19. The van der Waals surface area contributed by atoms with Crippen LogP contribution in [0, 0.1) is 5.92 Å². The van der Waals surface area contributed by atoms with Crippen molar-refractivity contribution in [2.75, 3.05) is 30.8 Å². The molecular formula is C19H28N2O5S.